The topological polar surface area (TPSA) is 75.6 Å². The minimum atomic E-state index is -0.961. The summed E-state index contributed by atoms with van der Waals surface area (Å²) in [5, 5.41) is 11.4. The fraction of sp³-hybridized carbons (Fsp3) is 0.800. The molecule has 0 aromatic heterocycles. The number of rotatable bonds is 6. The number of ether oxygens (including phenoxy) is 1. The van der Waals surface area contributed by atoms with Gasteiger partial charge >= 0.3 is 5.97 Å². The number of aliphatic carboxylic acids is 1. The highest BCUT2D eigenvalue weighted by molar-refractivity contribution is 5.86. The maximum atomic E-state index is 11.6. The van der Waals surface area contributed by atoms with Gasteiger partial charge in [0.05, 0.1) is 0 Å². The molecule has 2 atom stereocenters. The summed E-state index contributed by atoms with van der Waals surface area (Å²) in [6.45, 7) is 1.82. The Kier molecular flexibility index (Phi) is 4.08. The molecule has 1 aliphatic carbocycles. The maximum Gasteiger partial charge on any atom is 0.326 e. The molecule has 86 valence electrons. The highest BCUT2D eigenvalue weighted by atomic mass is 16.5. The number of hydrogen-bond acceptors (Lipinski definition) is 3. The van der Waals surface area contributed by atoms with Gasteiger partial charge in [-0.2, -0.15) is 0 Å². The monoisotopic (exact) mass is 215 g/mol. The first-order valence-electron chi connectivity index (χ1n) is 5.16. The Labute approximate surface area is 88.8 Å². The standard InChI is InChI=1S/C10H17NO4/c1-3-7(15-2)9(12)11-8(10(13)14)6-4-5-6/h6-8H,3-5H2,1-2H3,(H,11,12)(H,13,14). The van der Waals surface area contributed by atoms with Crippen LogP contribution >= 0.6 is 0 Å². The summed E-state index contributed by atoms with van der Waals surface area (Å²) < 4.78 is 4.94. The molecule has 0 aromatic carbocycles. The van der Waals surface area contributed by atoms with Crippen molar-refractivity contribution >= 4 is 11.9 Å². The largest absolute Gasteiger partial charge is 0.480 e. The molecule has 1 rings (SSSR count). The van der Waals surface area contributed by atoms with Crippen molar-refractivity contribution in [3.8, 4) is 0 Å². The van der Waals surface area contributed by atoms with Crippen LogP contribution in [0.25, 0.3) is 0 Å². The smallest absolute Gasteiger partial charge is 0.326 e. The summed E-state index contributed by atoms with van der Waals surface area (Å²) in [5.41, 5.74) is 0. The van der Waals surface area contributed by atoms with Gasteiger partial charge in [0, 0.05) is 7.11 Å². The zero-order chi connectivity index (χ0) is 11.4. The molecule has 2 N–H and O–H groups in total. The van der Waals surface area contributed by atoms with Gasteiger partial charge in [-0.05, 0) is 25.2 Å². The molecule has 15 heavy (non-hydrogen) atoms. The molecule has 0 saturated heterocycles. The van der Waals surface area contributed by atoms with Crippen molar-refractivity contribution in [1.29, 1.82) is 0 Å². The van der Waals surface area contributed by atoms with Gasteiger partial charge in [-0.25, -0.2) is 4.79 Å². The van der Waals surface area contributed by atoms with Gasteiger partial charge in [0.25, 0.3) is 0 Å². The maximum absolute atomic E-state index is 11.6. The first-order valence-corrected chi connectivity index (χ1v) is 5.16. The van der Waals surface area contributed by atoms with Crippen LogP contribution < -0.4 is 5.32 Å². The third kappa shape index (κ3) is 3.20. The van der Waals surface area contributed by atoms with E-state index in [0.29, 0.717) is 6.42 Å². The molecule has 0 aliphatic heterocycles. The van der Waals surface area contributed by atoms with Gasteiger partial charge in [-0.15, -0.1) is 0 Å². The van der Waals surface area contributed by atoms with Crippen molar-refractivity contribution in [1.82, 2.24) is 5.32 Å². The molecule has 1 amide bonds. The summed E-state index contributed by atoms with van der Waals surface area (Å²) in [6, 6.07) is -0.748. The first kappa shape index (κ1) is 12.0. The summed E-state index contributed by atoms with van der Waals surface area (Å²) in [6.07, 6.45) is 1.74. The molecular weight excluding hydrogens is 198 g/mol. The molecule has 0 spiro atoms. The van der Waals surface area contributed by atoms with Crippen LogP contribution in [0.1, 0.15) is 26.2 Å². The highest BCUT2D eigenvalue weighted by Gasteiger charge is 2.38. The second kappa shape index (κ2) is 5.11. The summed E-state index contributed by atoms with van der Waals surface area (Å²) in [7, 11) is 1.45. The van der Waals surface area contributed by atoms with E-state index in [9.17, 15) is 9.59 Å². The van der Waals surface area contributed by atoms with E-state index in [0.717, 1.165) is 12.8 Å². The summed E-state index contributed by atoms with van der Waals surface area (Å²) >= 11 is 0. The lowest BCUT2D eigenvalue weighted by Crippen LogP contribution is -2.47. The number of carbonyl (C=O) groups is 2. The Morgan fingerprint density at radius 3 is 2.47 bits per heavy atom. The van der Waals surface area contributed by atoms with Gasteiger partial charge in [-0.3, -0.25) is 4.79 Å². The van der Waals surface area contributed by atoms with Crippen molar-refractivity contribution in [2.24, 2.45) is 5.92 Å². The van der Waals surface area contributed by atoms with E-state index in [-0.39, 0.29) is 11.8 Å². The van der Waals surface area contributed by atoms with Gasteiger partial charge in [-0.1, -0.05) is 6.92 Å². The van der Waals surface area contributed by atoms with Crippen LogP contribution in [0.2, 0.25) is 0 Å². The minimum Gasteiger partial charge on any atom is -0.480 e. The van der Waals surface area contributed by atoms with Crippen LogP contribution in [0.5, 0.6) is 0 Å². The van der Waals surface area contributed by atoms with Crippen LogP contribution in [-0.4, -0.2) is 36.2 Å². The molecule has 0 aromatic rings. The van der Waals surface area contributed by atoms with Gasteiger partial charge < -0.3 is 15.2 Å². The molecule has 5 nitrogen and oxygen atoms in total. The van der Waals surface area contributed by atoms with Crippen LogP contribution in [0.3, 0.4) is 0 Å². The molecule has 1 fully saturated rings. The van der Waals surface area contributed by atoms with Gasteiger partial charge in [0.15, 0.2) is 0 Å². The third-order valence-electron chi connectivity index (χ3n) is 2.60. The fourth-order valence-corrected chi connectivity index (χ4v) is 1.52. The van der Waals surface area contributed by atoms with Crippen LogP contribution in [0.4, 0.5) is 0 Å². The van der Waals surface area contributed by atoms with Crippen molar-refractivity contribution in [3.63, 3.8) is 0 Å². The Morgan fingerprint density at radius 1 is 1.53 bits per heavy atom. The van der Waals surface area contributed by atoms with Crippen LogP contribution in [0, 0.1) is 5.92 Å². The Balaban J connectivity index is 2.50. The van der Waals surface area contributed by atoms with Crippen molar-refractivity contribution in [2.45, 2.75) is 38.3 Å². The van der Waals surface area contributed by atoms with E-state index < -0.39 is 18.1 Å². The number of carbonyl (C=O) groups excluding carboxylic acids is 1. The van der Waals surface area contributed by atoms with E-state index in [4.69, 9.17) is 9.84 Å². The fourth-order valence-electron chi connectivity index (χ4n) is 1.52. The molecule has 0 radical (unpaired) electrons. The molecule has 0 bridgehead atoms. The summed E-state index contributed by atoms with van der Waals surface area (Å²) in [5.74, 6) is -1.20. The Bertz CT molecular complexity index is 246. The summed E-state index contributed by atoms with van der Waals surface area (Å²) in [4.78, 5) is 22.4. The van der Waals surface area contributed by atoms with E-state index >= 15 is 0 Å². The van der Waals surface area contributed by atoms with Crippen LogP contribution in [-0.2, 0) is 14.3 Å². The Morgan fingerprint density at radius 2 is 2.13 bits per heavy atom. The number of amides is 1. The molecular formula is C10H17NO4. The molecule has 1 aliphatic rings. The highest BCUT2D eigenvalue weighted by Crippen LogP contribution is 2.32. The lowest BCUT2D eigenvalue weighted by Gasteiger charge is -2.17. The lowest BCUT2D eigenvalue weighted by molar-refractivity contribution is -0.144. The molecule has 5 heteroatoms. The lowest BCUT2D eigenvalue weighted by atomic mass is 10.1. The average molecular weight is 215 g/mol. The van der Waals surface area contributed by atoms with E-state index in [1.165, 1.54) is 7.11 Å². The quantitative estimate of drug-likeness (QED) is 0.672. The number of carboxylic acids is 1. The minimum absolute atomic E-state index is 0.0980. The zero-order valence-electron chi connectivity index (χ0n) is 9.03. The Hall–Kier alpha value is -1.10. The first-order chi connectivity index (χ1) is 7.10. The SMILES string of the molecule is CCC(OC)C(=O)NC(C(=O)O)C1CC1. The number of nitrogens with one attached hydrogen (secondary N) is 1. The van der Waals surface area contributed by atoms with Gasteiger partial charge in [0.2, 0.25) is 5.91 Å². The number of carboxylic acid groups (broad SMARTS) is 1. The van der Waals surface area contributed by atoms with Gasteiger partial charge in [0.1, 0.15) is 12.1 Å². The second-order valence-corrected chi connectivity index (χ2v) is 3.79. The van der Waals surface area contributed by atoms with Crippen LogP contribution in [0.15, 0.2) is 0 Å². The number of methoxy groups -OCH3 is 1. The predicted molar refractivity (Wildman–Crippen MR) is 53.4 cm³/mol. The zero-order valence-corrected chi connectivity index (χ0v) is 9.03. The molecule has 2 unspecified atom stereocenters. The molecule has 1 saturated carbocycles. The number of hydrogen-bond donors (Lipinski definition) is 2. The van der Waals surface area contributed by atoms with Crippen molar-refractivity contribution in [2.75, 3.05) is 7.11 Å². The van der Waals surface area contributed by atoms with E-state index in [1.54, 1.807) is 0 Å². The van der Waals surface area contributed by atoms with E-state index in [1.807, 2.05) is 6.92 Å². The van der Waals surface area contributed by atoms with Crippen molar-refractivity contribution < 1.29 is 19.4 Å². The third-order valence-corrected chi connectivity index (χ3v) is 2.60. The normalized spacial score (nSPS) is 19.3. The molecule has 0 heterocycles. The predicted octanol–water partition coefficient (Wildman–Crippen LogP) is 0.391. The second-order valence-electron chi connectivity index (χ2n) is 3.79. The van der Waals surface area contributed by atoms with Crippen molar-refractivity contribution in [3.05, 3.63) is 0 Å². The average Bonchev–Trinajstić information content (AvgIpc) is 2.99. The van der Waals surface area contributed by atoms with E-state index in [2.05, 4.69) is 5.32 Å².